The fourth-order valence-electron chi connectivity index (χ4n) is 4.71. The molecule has 0 amide bonds. The number of nitrogens with zero attached hydrogens (tertiary/aromatic N) is 4. The van der Waals surface area contributed by atoms with Gasteiger partial charge in [-0.05, 0) is 31.4 Å². The standard InChI is InChI=1S/C19H27N5O3S/c1-28(26,27)21-11-18-16-10-15(17-4-2-5-19(25)24(17)18)12-23(13-16)8-3-7-22-9-6-20-14-22/h2,4-6,9,14-16,18,21H,3,7-8,10-13H2,1H3/t15-,16+,18+/m1/s1. The van der Waals surface area contributed by atoms with E-state index in [2.05, 4.69) is 19.2 Å². The second-order valence-electron chi connectivity index (χ2n) is 7.95. The van der Waals surface area contributed by atoms with E-state index in [4.69, 9.17) is 0 Å². The zero-order valence-corrected chi connectivity index (χ0v) is 16.9. The molecule has 3 atom stereocenters. The number of imidazole rings is 1. The van der Waals surface area contributed by atoms with Gasteiger partial charge in [0.2, 0.25) is 10.0 Å². The summed E-state index contributed by atoms with van der Waals surface area (Å²) in [7, 11) is -3.31. The molecule has 0 aromatic carbocycles. The van der Waals surface area contributed by atoms with Gasteiger partial charge in [-0.1, -0.05) is 6.07 Å². The Morgan fingerprint density at radius 1 is 1.25 bits per heavy atom. The maximum atomic E-state index is 12.6. The lowest BCUT2D eigenvalue weighted by Crippen LogP contribution is -2.52. The molecule has 0 aliphatic carbocycles. The lowest BCUT2D eigenvalue weighted by molar-refractivity contribution is 0.0902. The Balaban J connectivity index is 1.52. The van der Waals surface area contributed by atoms with E-state index in [9.17, 15) is 13.2 Å². The summed E-state index contributed by atoms with van der Waals surface area (Å²) in [4.78, 5) is 19.1. The monoisotopic (exact) mass is 405 g/mol. The molecular weight excluding hydrogens is 378 g/mol. The van der Waals surface area contributed by atoms with Crippen molar-refractivity contribution in [2.45, 2.75) is 31.3 Å². The Labute approximate surface area is 165 Å². The van der Waals surface area contributed by atoms with Crippen LogP contribution in [0.2, 0.25) is 0 Å². The summed E-state index contributed by atoms with van der Waals surface area (Å²) in [5, 5.41) is 0. The first-order valence-corrected chi connectivity index (χ1v) is 11.6. The topological polar surface area (TPSA) is 89.2 Å². The molecule has 2 aliphatic heterocycles. The van der Waals surface area contributed by atoms with E-state index in [-0.39, 0.29) is 24.1 Å². The summed E-state index contributed by atoms with van der Waals surface area (Å²) >= 11 is 0. The van der Waals surface area contributed by atoms with E-state index in [1.165, 1.54) is 0 Å². The number of fused-ring (bicyclic) bond motifs is 4. The van der Waals surface area contributed by atoms with Crippen molar-refractivity contribution in [2.75, 3.05) is 32.4 Å². The van der Waals surface area contributed by atoms with Crippen LogP contribution in [-0.2, 0) is 16.6 Å². The first-order chi connectivity index (χ1) is 13.4. The van der Waals surface area contributed by atoms with E-state index < -0.39 is 10.0 Å². The Morgan fingerprint density at radius 2 is 2.11 bits per heavy atom. The third kappa shape index (κ3) is 4.21. The van der Waals surface area contributed by atoms with Crippen LogP contribution in [0.3, 0.4) is 0 Å². The smallest absolute Gasteiger partial charge is 0.251 e. The quantitative estimate of drug-likeness (QED) is 0.730. The number of aryl methyl sites for hydroxylation is 1. The van der Waals surface area contributed by atoms with Crippen molar-refractivity contribution in [3.05, 3.63) is 53.0 Å². The summed E-state index contributed by atoms with van der Waals surface area (Å²) in [6.07, 6.45) is 8.79. The number of aromatic nitrogens is 3. The molecule has 1 N–H and O–H groups in total. The number of piperidine rings is 1. The molecule has 9 heteroatoms. The minimum atomic E-state index is -3.31. The Hall–Kier alpha value is -1.97. The number of nitrogens with one attached hydrogen (secondary N) is 1. The SMILES string of the molecule is CS(=O)(=O)NC[C@H]1[C@H]2C[C@H](CN(CCCn3ccnc3)C2)c2cccc(=O)n21. The van der Waals surface area contributed by atoms with Crippen molar-refractivity contribution in [3.63, 3.8) is 0 Å². The highest BCUT2D eigenvalue weighted by Gasteiger charge is 2.40. The average molecular weight is 406 g/mol. The van der Waals surface area contributed by atoms with Gasteiger partial charge in [0.25, 0.3) is 5.56 Å². The molecule has 28 heavy (non-hydrogen) atoms. The maximum absolute atomic E-state index is 12.6. The van der Waals surface area contributed by atoms with Gasteiger partial charge in [-0.25, -0.2) is 18.1 Å². The summed E-state index contributed by atoms with van der Waals surface area (Å²) in [6, 6.07) is 5.25. The Bertz CT molecular complexity index is 970. The van der Waals surface area contributed by atoms with Crippen LogP contribution in [0, 0.1) is 5.92 Å². The van der Waals surface area contributed by atoms with E-state index in [0.717, 1.165) is 51.0 Å². The van der Waals surface area contributed by atoms with Crippen LogP contribution in [0.15, 0.2) is 41.7 Å². The maximum Gasteiger partial charge on any atom is 0.251 e. The summed E-state index contributed by atoms with van der Waals surface area (Å²) in [5.41, 5.74) is 0.990. The lowest BCUT2D eigenvalue weighted by Gasteiger charge is -2.47. The number of likely N-dealkylation sites (tertiary alicyclic amines) is 1. The van der Waals surface area contributed by atoms with Gasteiger partial charge in [-0.2, -0.15) is 0 Å². The Kier molecular flexibility index (Phi) is 5.39. The van der Waals surface area contributed by atoms with Crippen molar-refractivity contribution >= 4 is 10.0 Å². The minimum absolute atomic E-state index is 0.0407. The highest BCUT2D eigenvalue weighted by atomic mass is 32.2. The molecule has 1 saturated heterocycles. The molecule has 2 aliphatic rings. The van der Waals surface area contributed by atoms with Crippen LogP contribution in [0.5, 0.6) is 0 Å². The predicted molar refractivity (Wildman–Crippen MR) is 107 cm³/mol. The minimum Gasteiger partial charge on any atom is -0.337 e. The summed E-state index contributed by atoms with van der Waals surface area (Å²) < 4.78 is 29.8. The normalized spacial score (nSPS) is 24.8. The molecule has 4 heterocycles. The van der Waals surface area contributed by atoms with Crippen LogP contribution in [0.1, 0.15) is 30.5 Å². The molecule has 0 unspecified atom stereocenters. The van der Waals surface area contributed by atoms with Crippen molar-refractivity contribution in [1.29, 1.82) is 0 Å². The number of sulfonamides is 1. The highest BCUT2D eigenvalue weighted by Crippen LogP contribution is 2.40. The molecule has 1 fully saturated rings. The van der Waals surface area contributed by atoms with Gasteiger partial charge in [0.05, 0.1) is 18.6 Å². The molecular formula is C19H27N5O3S. The summed E-state index contributed by atoms with van der Waals surface area (Å²) in [6.45, 7) is 4.00. The van der Waals surface area contributed by atoms with Crippen LogP contribution in [0.25, 0.3) is 0 Å². The van der Waals surface area contributed by atoms with Gasteiger partial charge in [0, 0.05) is 56.3 Å². The van der Waals surface area contributed by atoms with Crippen molar-refractivity contribution in [2.24, 2.45) is 5.92 Å². The number of pyridine rings is 1. The number of hydrogen-bond donors (Lipinski definition) is 1. The molecule has 0 spiro atoms. The molecule has 0 radical (unpaired) electrons. The molecule has 0 saturated carbocycles. The average Bonchev–Trinajstić information content (AvgIpc) is 3.15. The third-order valence-electron chi connectivity index (χ3n) is 5.88. The molecule has 2 aromatic rings. The number of hydrogen-bond acceptors (Lipinski definition) is 5. The van der Waals surface area contributed by atoms with E-state index in [0.29, 0.717) is 5.92 Å². The van der Waals surface area contributed by atoms with E-state index >= 15 is 0 Å². The largest absolute Gasteiger partial charge is 0.337 e. The van der Waals surface area contributed by atoms with Crippen LogP contribution < -0.4 is 10.3 Å². The zero-order valence-electron chi connectivity index (χ0n) is 16.1. The Morgan fingerprint density at radius 3 is 2.86 bits per heavy atom. The lowest BCUT2D eigenvalue weighted by atomic mass is 9.78. The summed E-state index contributed by atoms with van der Waals surface area (Å²) in [5.74, 6) is 0.573. The van der Waals surface area contributed by atoms with Gasteiger partial charge in [-0.15, -0.1) is 0 Å². The van der Waals surface area contributed by atoms with E-state index in [1.807, 2.05) is 29.2 Å². The van der Waals surface area contributed by atoms with Crippen LogP contribution in [0.4, 0.5) is 0 Å². The van der Waals surface area contributed by atoms with Crippen molar-refractivity contribution < 1.29 is 8.42 Å². The first-order valence-electron chi connectivity index (χ1n) is 9.75. The fourth-order valence-corrected chi connectivity index (χ4v) is 5.19. The van der Waals surface area contributed by atoms with Gasteiger partial charge in [-0.3, -0.25) is 4.79 Å². The van der Waals surface area contributed by atoms with Crippen molar-refractivity contribution in [1.82, 2.24) is 23.7 Å². The van der Waals surface area contributed by atoms with Crippen LogP contribution in [-0.4, -0.2) is 59.9 Å². The molecule has 2 bridgehead atoms. The fraction of sp³-hybridized carbons (Fsp3) is 0.579. The highest BCUT2D eigenvalue weighted by molar-refractivity contribution is 7.88. The van der Waals surface area contributed by atoms with Crippen LogP contribution >= 0.6 is 0 Å². The van der Waals surface area contributed by atoms with Gasteiger partial charge >= 0.3 is 0 Å². The van der Waals surface area contributed by atoms with Crippen molar-refractivity contribution in [3.8, 4) is 0 Å². The third-order valence-corrected chi connectivity index (χ3v) is 6.57. The van der Waals surface area contributed by atoms with Gasteiger partial charge < -0.3 is 14.0 Å². The molecule has 152 valence electrons. The van der Waals surface area contributed by atoms with Gasteiger partial charge in [0.15, 0.2) is 0 Å². The van der Waals surface area contributed by atoms with E-state index in [1.54, 1.807) is 12.3 Å². The molecule has 2 aromatic heterocycles. The number of rotatable bonds is 7. The predicted octanol–water partition coefficient (Wildman–Crippen LogP) is 0.645. The first kappa shape index (κ1) is 19.4. The second kappa shape index (κ2) is 7.81. The molecule has 4 rings (SSSR count). The zero-order chi connectivity index (χ0) is 19.7. The van der Waals surface area contributed by atoms with Gasteiger partial charge in [0.1, 0.15) is 0 Å². The second-order valence-corrected chi connectivity index (χ2v) is 9.79. The molecule has 8 nitrogen and oxygen atoms in total.